The molecule has 1 amide bonds. The first kappa shape index (κ1) is 17.0. The maximum Gasteiger partial charge on any atom is 0.239 e. The van der Waals surface area contributed by atoms with Crippen LogP contribution in [0.5, 0.6) is 0 Å². The number of likely N-dealkylation sites (tertiary alicyclic amines) is 1. The van der Waals surface area contributed by atoms with Gasteiger partial charge in [0.2, 0.25) is 5.91 Å². The van der Waals surface area contributed by atoms with Crippen molar-refractivity contribution in [3.05, 3.63) is 35.9 Å². The molecule has 2 saturated heterocycles. The van der Waals surface area contributed by atoms with Crippen LogP contribution in [0.1, 0.15) is 36.0 Å². The first-order valence-corrected chi connectivity index (χ1v) is 7.87. The fraction of sp³-hybridized carbons (Fsp3) is 0.529. The summed E-state index contributed by atoms with van der Waals surface area (Å²) in [7, 11) is 0. The Morgan fingerprint density at radius 1 is 1.05 bits per heavy atom. The molecule has 1 N–H and O–H groups in total. The van der Waals surface area contributed by atoms with Crippen molar-refractivity contribution in [2.45, 2.75) is 31.7 Å². The van der Waals surface area contributed by atoms with Gasteiger partial charge in [-0.25, -0.2) is 0 Å². The fourth-order valence-corrected chi connectivity index (χ4v) is 3.32. The molecule has 2 aliphatic rings. The zero-order chi connectivity index (χ0) is 14.7. The summed E-state index contributed by atoms with van der Waals surface area (Å²) in [5.41, 5.74) is 0.791. The van der Waals surface area contributed by atoms with E-state index in [1.807, 2.05) is 35.2 Å². The zero-order valence-electron chi connectivity index (χ0n) is 12.7. The molecule has 2 fully saturated rings. The molecule has 0 saturated carbocycles. The maximum atomic E-state index is 12.4. The van der Waals surface area contributed by atoms with Gasteiger partial charge in [0.1, 0.15) is 0 Å². The van der Waals surface area contributed by atoms with Crippen LogP contribution in [0.2, 0.25) is 0 Å². The number of Topliss-reactive ketones (excluding diaryl/α,β-unsaturated/α-hetero) is 1. The Labute approximate surface area is 137 Å². The van der Waals surface area contributed by atoms with Crippen LogP contribution >= 0.6 is 12.4 Å². The van der Waals surface area contributed by atoms with Gasteiger partial charge in [-0.3, -0.25) is 9.59 Å². The number of halogens is 1. The van der Waals surface area contributed by atoms with Gasteiger partial charge in [0.05, 0.1) is 6.04 Å². The van der Waals surface area contributed by atoms with Crippen LogP contribution < -0.4 is 5.32 Å². The average Bonchev–Trinajstić information content (AvgIpc) is 3.09. The van der Waals surface area contributed by atoms with Crippen molar-refractivity contribution in [3.63, 3.8) is 0 Å². The minimum absolute atomic E-state index is 0. The molecule has 0 radical (unpaired) electrons. The van der Waals surface area contributed by atoms with Gasteiger partial charge >= 0.3 is 0 Å². The van der Waals surface area contributed by atoms with E-state index in [4.69, 9.17) is 0 Å². The van der Waals surface area contributed by atoms with Crippen LogP contribution in [0.3, 0.4) is 0 Å². The molecule has 4 nitrogen and oxygen atoms in total. The number of benzene rings is 1. The topological polar surface area (TPSA) is 49.4 Å². The number of ketones is 1. The van der Waals surface area contributed by atoms with Crippen LogP contribution in [0.15, 0.2) is 30.3 Å². The third-order valence-corrected chi connectivity index (χ3v) is 4.59. The fourth-order valence-electron chi connectivity index (χ4n) is 3.32. The summed E-state index contributed by atoms with van der Waals surface area (Å²) in [6.07, 6.45) is 3.60. The number of carbonyl (C=O) groups excluding carboxylic acids is 2. The largest absolute Gasteiger partial charge is 0.341 e. The van der Waals surface area contributed by atoms with E-state index < -0.39 is 0 Å². The van der Waals surface area contributed by atoms with Crippen molar-refractivity contribution in [2.75, 3.05) is 19.6 Å². The van der Waals surface area contributed by atoms with E-state index in [9.17, 15) is 9.59 Å². The van der Waals surface area contributed by atoms with Gasteiger partial charge in [0.15, 0.2) is 5.78 Å². The molecule has 22 heavy (non-hydrogen) atoms. The molecule has 0 spiro atoms. The number of hydrogen-bond donors (Lipinski definition) is 1. The Morgan fingerprint density at radius 3 is 2.32 bits per heavy atom. The van der Waals surface area contributed by atoms with E-state index >= 15 is 0 Å². The lowest BCUT2D eigenvalue weighted by Crippen LogP contribution is -2.47. The average molecular weight is 323 g/mol. The van der Waals surface area contributed by atoms with Crippen LogP contribution in [-0.4, -0.2) is 42.3 Å². The van der Waals surface area contributed by atoms with Crippen molar-refractivity contribution in [2.24, 2.45) is 5.92 Å². The Kier molecular flexibility index (Phi) is 5.98. The summed E-state index contributed by atoms with van der Waals surface area (Å²) >= 11 is 0. The number of piperidine rings is 1. The highest BCUT2D eigenvalue weighted by atomic mass is 35.5. The lowest BCUT2D eigenvalue weighted by Gasteiger charge is -2.33. The van der Waals surface area contributed by atoms with Crippen molar-refractivity contribution < 1.29 is 9.59 Å². The van der Waals surface area contributed by atoms with Gasteiger partial charge in [-0.2, -0.15) is 0 Å². The summed E-state index contributed by atoms with van der Waals surface area (Å²) in [6.45, 7) is 2.36. The van der Waals surface area contributed by atoms with Gasteiger partial charge in [0.25, 0.3) is 0 Å². The first-order valence-electron chi connectivity index (χ1n) is 7.87. The van der Waals surface area contributed by atoms with E-state index in [1.165, 1.54) is 0 Å². The highest BCUT2D eigenvalue weighted by Crippen LogP contribution is 2.23. The maximum absolute atomic E-state index is 12.4. The Balaban J connectivity index is 0.00000176. The molecule has 120 valence electrons. The Bertz CT molecular complexity index is 507. The molecule has 0 aromatic heterocycles. The van der Waals surface area contributed by atoms with E-state index in [2.05, 4.69) is 5.32 Å². The van der Waals surface area contributed by atoms with Gasteiger partial charge in [0, 0.05) is 24.6 Å². The van der Waals surface area contributed by atoms with Crippen molar-refractivity contribution >= 4 is 24.1 Å². The van der Waals surface area contributed by atoms with Gasteiger partial charge < -0.3 is 10.2 Å². The molecule has 1 aromatic rings. The highest BCUT2D eigenvalue weighted by molar-refractivity contribution is 5.98. The third kappa shape index (κ3) is 3.68. The number of nitrogens with one attached hydrogen (secondary N) is 1. The Morgan fingerprint density at radius 2 is 1.73 bits per heavy atom. The molecule has 1 aromatic carbocycles. The van der Waals surface area contributed by atoms with Crippen molar-refractivity contribution in [3.8, 4) is 0 Å². The molecule has 2 heterocycles. The second-order valence-corrected chi connectivity index (χ2v) is 5.98. The standard InChI is InChI=1S/C17H22N2O2.ClH/c20-16(13-5-2-1-3-6-13)14-8-11-19(12-9-14)17(21)15-7-4-10-18-15;/h1-3,5-6,14-15,18H,4,7-12H2;1H. The second-order valence-electron chi connectivity index (χ2n) is 5.98. The number of hydrogen-bond acceptors (Lipinski definition) is 3. The van der Waals surface area contributed by atoms with E-state index in [-0.39, 0.29) is 36.1 Å². The normalized spacial score (nSPS) is 22.2. The molecule has 2 aliphatic heterocycles. The molecular formula is C17H23ClN2O2. The summed E-state index contributed by atoms with van der Waals surface area (Å²) in [5.74, 6) is 0.507. The molecule has 5 heteroatoms. The lowest BCUT2D eigenvalue weighted by molar-refractivity contribution is -0.134. The molecule has 1 atom stereocenters. The predicted molar refractivity (Wildman–Crippen MR) is 88.3 cm³/mol. The van der Waals surface area contributed by atoms with Crippen LogP contribution in [0.4, 0.5) is 0 Å². The minimum Gasteiger partial charge on any atom is -0.341 e. The van der Waals surface area contributed by atoms with Gasteiger partial charge in [-0.1, -0.05) is 30.3 Å². The van der Waals surface area contributed by atoms with Crippen LogP contribution in [0.25, 0.3) is 0 Å². The zero-order valence-corrected chi connectivity index (χ0v) is 13.5. The second kappa shape index (κ2) is 7.75. The molecule has 0 aliphatic carbocycles. The lowest BCUT2D eigenvalue weighted by atomic mass is 9.88. The number of amides is 1. The molecule has 3 rings (SSSR count). The van der Waals surface area contributed by atoms with Crippen LogP contribution in [0, 0.1) is 5.92 Å². The van der Waals surface area contributed by atoms with Crippen LogP contribution in [-0.2, 0) is 4.79 Å². The quantitative estimate of drug-likeness (QED) is 0.869. The van der Waals surface area contributed by atoms with Crippen molar-refractivity contribution in [1.29, 1.82) is 0 Å². The van der Waals surface area contributed by atoms with E-state index in [1.54, 1.807) is 0 Å². The molecule has 0 bridgehead atoms. The number of rotatable bonds is 3. The predicted octanol–water partition coefficient (Wildman–Crippen LogP) is 2.28. The van der Waals surface area contributed by atoms with Gasteiger partial charge in [-0.05, 0) is 32.2 Å². The SMILES string of the molecule is Cl.O=C(c1ccccc1)C1CCN(C(=O)C2CCCN2)CC1. The Hall–Kier alpha value is -1.39. The summed E-state index contributed by atoms with van der Waals surface area (Å²) < 4.78 is 0. The summed E-state index contributed by atoms with van der Waals surface area (Å²) in [5, 5.41) is 3.26. The monoisotopic (exact) mass is 322 g/mol. The summed E-state index contributed by atoms with van der Waals surface area (Å²) in [6, 6.07) is 9.48. The molecule has 1 unspecified atom stereocenters. The number of carbonyl (C=O) groups is 2. The smallest absolute Gasteiger partial charge is 0.239 e. The summed E-state index contributed by atoms with van der Waals surface area (Å²) in [4.78, 5) is 26.7. The first-order chi connectivity index (χ1) is 10.3. The highest BCUT2D eigenvalue weighted by Gasteiger charge is 2.31. The van der Waals surface area contributed by atoms with Gasteiger partial charge in [-0.15, -0.1) is 12.4 Å². The van der Waals surface area contributed by atoms with E-state index in [0.717, 1.165) is 37.8 Å². The molecular weight excluding hydrogens is 300 g/mol. The number of nitrogens with zero attached hydrogens (tertiary/aromatic N) is 1. The van der Waals surface area contributed by atoms with Crippen molar-refractivity contribution in [1.82, 2.24) is 10.2 Å². The minimum atomic E-state index is 0. The third-order valence-electron chi connectivity index (χ3n) is 4.59. The van der Waals surface area contributed by atoms with E-state index in [0.29, 0.717) is 13.1 Å².